The first-order valence-corrected chi connectivity index (χ1v) is 6.70. The topological polar surface area (TPSA) is 21.3 Å². The van der Waals surface area contributed by atoms with Gasteiger partial charge < -0.3 is 10.1 Å². The molecule has 0 amide bonds. The second kappa shape index (κ2) is 5.31. The van der Waals surface area contributed by atoms with E-state index in [4.69, 9.17) is 4.74 Å². The molecule has 2 aliphatic heterocycles. The number of hydrogen-bond donors (Lipinski definition) is 1. The predicted molar refractivity (Wildman–Crippen MR) is 63.0 cm³/mol. The smallest absolute Gasteiger partial charge is 0.0469 e. The largest absolute Gasteiger partial charge is 0.381 e. The molecule has 2 saturated heterocycles. The summed E-state index contributed by atoms with van der Waals surface area (Å²) in [6.45, 7) is 5.54. The van der Waals surface area contributed by atoms with E-state index in [0.29, 0.717) is 5.54 Å². The van der Waals surface area contributed by atoms with Crippen LogP contribution in [0.25, 0.3) is 0 Å². The van der Waals surface area contributed by atoms with Gasteiger partial charge in [0, 0.05) is 18.8 Å². The Balaban J connectivity index is 2.03. The Bertz CT molecular complexity index is 179. The molecular formula is C13H25NO. The van der Waals surface area contributed by atoms with Gasteiger partial charge in [-0.1, -0.05) is 19.8 Å². The molecule has 0 saturated carbocycles. The summed E-state index contributed by atoms with van der Waals surface area (Å²) in [4.78, 5) is 0. The van der Waals surface area contributed by atoms with Gasteiger partial charge in [0.25, 0.3) is 0 Å². The van der Waals surface area contributed by atoms with E-state index in [1.54, 1.807) is 0 Å². The summed E-state index contributed by atoms with van der Waals surface area (Å²) in [5.74, 6) is 0.856. The van der Waals surface area contributed by atoms with Crippen molar-refractivity contribution in [1.82, 2.24) is 5.32 Å². The Labute approximate surface area is 93.8 Å². The summed E-state index contributed by atoms with van der Waals surface area (Å²) in [5, 5.41) is 3.86. The molecule has 88 valence electrons. The van der Waals surface area contributed by atoms with Crippen molar-refractivity contribution in [2.24, 2.45) is 5.92 Å². The SMILES string of the molecule is CCC1(C2CCOCC2)CCCCCN1. The predicted octanol–water partition coefficient (Wildman–Crippen LogP) is 2.73. The van der Waals surface area contributed by atoms with Gasteiger partial charge in [0.1, 0.15) is 0 Å². The van der Waals surface area contributed by atoms with Crippen LogP contribution in [0.2, 0.25) is 0 Å². The van der Waals surface area contributed by atoms with Crippen LogP contribution in [0.4, 0.5) is 0 Å². The average Bonchev–Trinajstić information content (AvgIpc) is 2.56. The molecule has 2 fully saturated rings. The highest BCUT2D eigenvalue weighted by molar-refractivity contribution is 4.95. The van der Waals surface area contributed by atoms with Crippen molar-refractivity contribution >= 4 is 0 Å². The van der Waals surface area contributed by atoms with Crippen molar-refractivity contribution in [3.63, 3.8) is 0 Å². The van der Waals surface area contributed by atoms with Crippen LogP contribution in [-0.2, 0) is 4.74 Å². The van der Waals surface area contributed by atoms with Crippen molar-refractivity contribution in [2.75, 3.05) is 19.8 Å². The monoisotopic (exact) mass is 211 g/mol. The fourth-order valence-electron chi connectivity index (χ4n) is 3.36. The number of hydrogen-bond acceptors (Lipinski definition) is 2. The first-order chi connectivity index (χ1) is 7.37. The quantitative estimate of drug-likeness (QED) is 0.758. The van der Waals surface area contributed by atoms with Crippen molar-refractivity contribution in [1.29, 1.82) is 0 Å². The van der Waals surface area contributed by atoms with Crippen molar-refractivity contribution in [3.05, 3.63) is 0 Å². The molecule has 0 aromatic rings. The third kappa shape index (κ3) is 2.54. The molecule has 0 aromatic heterocycles. The van der Waals surface area contributed by atoms with Crippen LogP contribution >= 0.6 is 0 Å². The standard InChI is InChI=1S/C13H25NO/c1-2-13(8-4-3-5-9-14-13)12-6-10-15-11-7-12/h12,14H,2-11H2,1H3. The summed E-state index contributed by atoms with van der Waals surface area (Å²) < 4.78 is 5.48. The van der Waals surface area contributed by atoms with Crippen LogP contribution in [0, 0.1) is 5.92 Å². The average molecular weight is 211 g/mol. The van der Waals surface area contributed by atoms with Gasteiger partial charge in [-0.3, -0.25) is 0 Å². The molecule has 2 aliphatic rings. The van der Waals surface area contributed by atoms with E-state index in [1.807, 2.05) is 0 Å². The summed E-state index contributed by atoms with van der Waals surface area (Å²) >= 11 is 0. The number of rotatable bonds is 2. The lowest BCUT2D eigenvalue weighted by Crippen LogP contribution is -2.52. The first-order valence-electron chi connectivity index (χ1n) is 6.70. The van der Waals surface area contributed by atoms with Crippen molar-refractivity contribution in [2.45, 2.75) is 57.4 Å². The summed E-state index contributed by atoms with van der Waals surface area (Å²) in [7, 11) is 0. The second-order valence-corrected chi connectivity index (χ2v) is 5.13. The molecule has 0 bridgehead atoms. The fraction of sp³-hybridized carbons (Fsp3) is 1.00. The Morgan fingerprint density at radius 3 is 2.73 bits per heavy atom. The molecule has 15 heavy (non-hydrogen) atoms. The van der Waals surface area contributed by atoms with Gasteiger partial charge in [-0.15, -0.1) is 0 Å². The third-order valence-electron chi connectivity index (χ3n) is 4.41. The molecule has 2 nitrogen and oxygen atoms in total. The molecule has 0 aromatic carbocycles. The fourth-order valence-corrected chi connectivity index (χ4v) is 3.36. The van der Waals surface area contributed by atoms with Crippen LogP contribution in [0.5, 0.6) is 0 Å². The van der Waals surface area contributed by atoms with Gasteiger partial charge in [-0.05, 0) is 44.6 Å². The van der Waals surface area contributed by atoms with Crippen LogP contribution < -0.4 is 5.32 Å². The number of nitrogens with one attached hydrogen (secondary N) is 1. The van der Waals surface area contributed by atoms with Gasteiger partial charge in [-0.2, -0.15) is 0 Å². The molecule has 2 rings (SSSR count). The van der Waals surface area contributed by atoms with Crippen LogP contribution in [0.1, 0.15) is 51.9 Å². The Morgan fingerprint density at radius 1 is 1.20 bits per heavy atom. The normalized spacial score (nSPS) is 35.0. The van der Waals surface area contributed by atoms with Crippen LogP contribution in [-0.4, -0.2) is 25.3 Å². The lowest BCUT2D eigenvalue weighted by Gasteiger charge is -2.42. The Kier molecular flexibility index (Phi) is 4.04. The zero-order chi connectivity index (χ0) is 10.6. The zero-order valence-electron chi connectivity index (χ0n) is 10.1. The highest BCUT2D eigenvalue weighted by Crippen LogP contribution is 2.35. The van der Waals surface area contributed by atoms with Crippen LogP contribution in [0.3, 0.4) is 0 Å². The van der Waals surface area contributed by atoms with Gasteiger partial charge in [0.05, 0.1) is 0 Å². The van der Waals surface area contributed by atoms with Gasteiger partial charge >= 0.3 is 0 Å². The van der Waals surface area contributed by atoms with Gasteiger partial charge in [0.2, 0.25) is 0 Å². The minimum Gasteiger partial charge on any atom is -0.381 e. The first kappa shape index (κ1) is 11.4. The lowest BCUT2D eigenvalue weighted by atomic mass is 9.74. The highest BCUT2D eigenvalue weighted by atomic mass is 16.5. The van der Waals surface area contributed by atoms with Gasteiger partial charge in [0.15, 0.2) is 0 Å². The minimum atomic E-state index is 0.445. The van der Waals surface area contributed by atoms with Crippen LogP contribution in [0.15, 0.2) is 0 Å². The molecule has 0 spiro atoms. The minimum absolute atomic E-state index is 0.445. The van der Waals surface area contributed by atoms with E-state index in [1.165, 1.54) is 51.5 Å². The lowest BCUT2D eigenvalue weighted by molar-refractivity contribution is 0.0249. The van der Waals surface area contributed by atoms with E-state index >= 15 is 0 Å². The molecule has 2 heterocycles. The van der Waals surface area contributed by atoms with E-state index < -0.39 is 0 Å². The van der Waals surface area contributed by atoms with E-state index in [0.717, 1.165) is 19.1 Å². The molecular weight excluding hydrogens is 186 g/mol. The summed E-state index contributed by atoms with van der Waals surface area (Å²) in [6.07, 6.45) is 9.40. The van der Waals surface area contributed by atoms with Crippen molar-refractivity contribution in [3.8, 4) is 0 Å². The molecule has 2 heteroatoms. The van der Waals surface area contributed by atoms with Crippen molar-refractivity contribution < 1.29 is 4.74 Å². The maximum absolute atomic E-state index is 5.48. The molecule has 1 unspecified atom stereocenters. The third-order valence-corrected chi connectivity index (χ3v) is 4.41. The highest BCUT2D eigenvalue weighted by Gasteiger charge is 2.37. The molecule has 1 N–H and O–H groups in total. The maximum atomic E-state index is 5.48. The Morgan fingerprint density at radius 2 is 2.00 bits per heavy atom. The van der Waals surface area contributed by atoms with E-state index in [9.17, 15) is 0 Å². The van der Waals surface area contributed by atoms with E-state index in [2.05, 4.69) is 12.2 Å². The molecule has 0 radical (unpaired) electrons. The van der Waals surface area contributed by atoms with Gasteiger partial charge in [-0.25, -0.2) is 0 Å². The second-order valence-electron chi connectivity index (χ2n) is 5.13. The summed E-state index contributed by atoms with van der Waals surface area (Å²) in [5.41, 5.74) is 0.445. The Hall–Kier alpha value is -0.0800. The molecule has 0 aliphatic carbocycles. The maximum Gasteiger partial charge on any atom is 0.0469 e. The number of ether oxygens (including phenoxy) is 1. The van der Waals surface area contributed by atoms with E-state index in [-0.39, 0.29) is 0 Å². The molecule has 1 atom stereocenters. The zero-order valence-corrected chi connectivity index (χ0v) is 10.1. The summed E-state index contributed by atoms with van der Waals surface area (Å²) in [6, 6.07) is 0.